The second-order valence-electron chi connectivity index (χ2n) is 5.04. The number of aryl methyl sites for hydroxylation is 1. The van der Waals surface area contributed by atoms with Crippen LogP contribution in [0.25, 0.3) is 0 Å². The van der Waals surface area contributed by atoms with Crippen molar-refractivity contribution in [1.82, 2.24) is 10.2 Å². The Bertz CT molecular complexity index is 535. The van der Waals surface area contributed by atoms with Gasteiger partial charge in [0.1, 0.15) is 0 Å². The second-order valence-corrected chi connectivity index (χ2v) is 5.04. The van der Waals surface area contributed by atoms with Crippen LogP contribution in [0, 0.1) is 6.92 Å². The van der Waals surface area contributed by atoms with E-state index in [4.69, 9.17) is 0 Å². The Kier molecular flexibility index (Phi) is 3.08. The van der Waals surface area contributed by atoms with Gasteiger partial charge in [-0.05, 0) is 18.6 Å². The Morgan fingerprint density at radius 1 is 1.21 bits per heavy atom. The highest BCUT2D eigenvalue weighted by molar-refractivity contribution is 6.52. The fraction of sp³-hybridized carbons (Fsp3) is 0.429. The molecule has 1 aromatic rings. The Hall–Kier alpha value is -1.72. The first-order valence-electron chi connectivity index (χ1n) is 6.57. The van der Waals surface area contributed by atoms with Gasteiger partial charge < -0.3 is 5.32 Å². The predicted molar refractivity (Wildman–Crippen MR) is 72.3 cm³/mol. The van der Waals surface area contributed by atoms with E-state index in [1.165, 1.54) is 0 Å². The summed E-state index contributed by atoms with van der Waals surface area (Å²) in [5, 5.41) is 3.28. The summed E-state index contributed by atoms with van der Waals surface area (Å²) in [6.45, 7) is 6.10. The van der Waals surface area contributed by atoms with Crippen molar-refractivity contribution in [3.05, 3.63) is 29.3 Å². The fourth-order valence-corrected chi connectivity index (χ4v) is 2.73. The van der Waals surface area contributed by atoms with Gasteiger partial charge in [-0.25, -0.2) is 0 Å². The van der Waals surface area contributed by atoms with Crippen molar-refractivity contribution in [2.24, 2.45) is 0 Å². The SMILES string of the molecule is Cc1cccc2c1N(CN1CCNCC1)C(=O)C2=O. The molecule has 1 N–H and O–H groups in total. The molecule has 1 fully saturated rings. The van der Waals surface area contributed by atoms with Gasteiger partial charge in [-0.1, -0.05) is 12.1 Å². The van der Waals surface area contributed by atoms with Crippen molar-refractivity contribution < 1.29 is 9.59 Å². The number of benzene rings is 1. The van der Waals surface area contributed by atoms with Gasteiger partial charge in [-0.3, -0.25) is 19.4 Å². The van der Waals surface area contributed by atoms with Gasteiger partial charge >= 0.3 is 5.91 Å². The molecule has 2 aliphatic rings. The summed E-state index contributed by atoms with van der Waals surface area (Å²) < 4.78 is 0. The maximum Gasteiger partial charge on any atom is 0.300 e. The maximum atomic E-state index is 12.1. The van der Waals surface area contributed by atoms with Crippen molar-refractivity contribution in [2.45, 2.75) is 6.92 Å². The zero-order valence-electron chi connectivity index (χ0n) is 11.0. The number of nitrogens with zero attached hydrogens (tertiary/aromatic N) is 2. The van der Waals surface area contributed by atoms with Crippen molar-refractivity contribution in [3.63, 3.8) is 0 Å². The average Bonchev–Trinajstić information content (AvgIpc) is 2.67. The van der Waals surface area contributed by atoms with Crippen LogP contribution in [-0.2, 0) is 4.79 Å². The summed E-state index contributed by atoms with van der Waals surface area (Å²) in [5.74, 6) is -0.781. The number of ketones is 1. The van der Waals surface area contributed by atoms with E-state index in [0.29, 0.717) is 12.2 Å². The molecule has 5 nitrogen and oxygen atoms in total. The molecule has 0 aliphatic carbocycles. The molecule has 0 aromatic heterocycles. The third-order valence-corrected chi connectivity index (χ3v) is 3.74. The third-order valence-electron chi connectivity index (χ3n) is 3.74. The number of anilines is 1. The summed E-state index contributed by atoms with van der Waals surface area (Å²) >= 11 is 0. The first-order chi connectivity index (χ1) is 9.18. The van der Waals surface area contributed by atoms with E-state index in [1.807, 2.05) is 19.1 Å². The van der Waals surface area contributed by atoms with E-state index in [9.17, 15) is 9.59 Å². The van der Waals surface area contributed by atoms with Crippen molar-refractivity contribution in [2.75, 3.05) is 37.7 Å². The molecule has 0 spiro atoms. The number of carbonyl (C=O) groups excluding carboxylic acids is 2. The van der Waals surface area contributed by atoms with Gasteiger partial charge in [0.25, 0.3) is 5.78 Å². The average molecular weight is 259 g/mol. The lowest BCUT2D eigenvalue weighted by atomic mass is 10.1. The number of hydrogen-bond acceptors (Lipinski definition) is 4. The van der Waals surface area contributed by atoms with Gasteiger partial charge in [0, 0.05) is 26.2 Å². The number of nitrogens with one attached hydrogen (secondary N) is 1. The number of fused-ring (bicyclic) bond motifs is 1. The van der Waals surface area contributed by atoms with Crippen LogP contribution >= 0.6 is 0 Å². The molecular weight excluding hydrogens is 242 g/mol. The summed E-state index contributed by atoms with van der Waals surface area (Å²) in [6.07, 6.45) is 0. The lowest BCUT2D eigenvalue weighted by molar-refractivity contribution is -0.114. The van der Waals surface area contributed by atoms with Gasteiger partial charge in [0.05, 0.1) is 17.9 Å². The molecule has 0 saturated carbocycles. The molecular formula is C14H17N3O2. The number of hydrogen-bond donors (Lipinski definition) is 1. The van der Waals surface area contributed by atoms with E-state index in [1.54, 1.807) is 11.0 Å². The van der Waals surface area contributed by atoms with Crippen molar-refractivity contribution in [3.8, 4) is 0 Å². The topological polar surface area (TPSA) is 52.6 Å². The molecule has 19 heavy (non-hydrogen) atoms. The number of amides is 1. The number of Topliss-reactive ketones (excluding diaryl/α,β-unsaturated/α-hetero) is 1. The molecule has 0 atom stereocenters. The van der Waals surface area contributed by atoms with Crippen LogP contribution in [0.5, 0.6) is 0 Å². The van der Waals surface area contributed by atoms with Crippen LogP contribution < -0.4 is 10.2 Å². The second kappa shape index (κ2) is 4.75. The van der Waals surface area contributed by atoms with E-state index in [0.717, 1.165) is 37.4 Å². The zero-order valence-corrected chi connectivity index (χ0v) is 11.0. The summed E-state index contributed by atoms with van der Waals surface area (Å²) in [5.41, 5.74) is 2.31. The normalized spacial score (nSPS) is 19.9. The van der Waals surface area contributed by atoms with Crippen molar-refractivity contribution in [1.29, 1.82) is 0 Å². The molecule has 3 rings (SSSR count). The minimum atomic E-state index is -0.400. The van der Waals surface area contributed by atoms with Crippen LogP contribution in [0.4, 0.5) is 5.69 Å². The monoisotopic (exact) mass is 259 g/mol. The van der Waals surface area contributed by atoms with E-state index < -0.39 is 5.91 Å². The first-order valence-corrected chi connectivity index (χ1v) is 6.57. The van der Waals surface area contributed by atoms with E-state index in [-0.39, 0.29) is 5.78 Å². The largest absolute Gasteiger partial charge is 0.314 e. The summed E-state index contributed by atoms with van der Waals surface area (Å²) in [6, 6.07) is 5.50. The number of carbonyl (C=O) groups is 2. The predicted octanol–water partition coefficient (Wildman–Crippen LogP) is 0.387. The lowest BCUT2D eigenvalue weighted by Crippen LogP contribution is -2.49. The summed E-state index contributed by atoms with van der Waals surface area (Å²) in [7, 11) is 0. The molecule has 0 radical (unpaired) electrons. The van der Waals surface area contributed by atoms with E-state index in [2.05, 4.69) is 10.2 Å². The molecule has 2 aliphatic heterocycles. The molecule has 1 aromatic carbocycles. The Morgan fingerprint density at radius 3 is 2.68 bits per heavy atom. The highest BCUT2D eigenvalue weighted by Gasteiger charge is 2.37. The van der Waals surface area contributed by atoms with E-state index >= 15 is 0 Å². The third kappa shape index (κ3) is 2.05. The fourth-order valence-electron chi connectivity index (χ4n) is 2.73. The molecule has 0 unspecified atom stereocenters. The zero-order chi connectivity index (χ0) is 13.4. The molecule has 0 bridgehead atoms. The number of para-hydroxylation sites is 1. The van der Waals surface area contributed by atoms with Crippen LogP contribution in [0.3, 0.4) is 0 Å². The number of piperazine rings is 1. The molecule has 1 amide bonds. The van der Waals surface area contributed by atoms with Gasteiger partial charge in [-0.2, -0.15) is 0 Å². The Labute approximate surface area is 112 Å². The smallest absolute Gasteiger partial charge is 0.300 e. The molecule has 100 valence electrons. The van der Waals surface area contributed by atoms with Crippen LogP contribution in [0.1, 0.15) is 15.9 Å². The maximum absolute atomic E-state index is 12.1. The Balaban J connectivity index is 1.90. The number of rotatable bonds is 2. The molecule has 2 heterocycles. The highest BCUT2D eigenvalue weighted by Crippen LogP contribution is 2.32. The minimum Gasteiger partial charge on any atom is -0.314 e. The van der Waals surface area contributed by atoms with Gasteiger partial charge in [0.15, 0.2) is 0 Å². The Morgan fingerprint density at radius 2 is 1.95 bits per heavy atom. The van der Waals surface area contributed by atoms with Crippen molar-refractivity contribution >= 4 is 17.4 Å². The van der Waals surface area contributed by atoms with Gasteiger partial charge in [0.2, 0.25) is 0 Å². The van der Waals surface area contributed by atoms with Gasteiger partial charge in [-0.15, -0.1) is 0 Å². The lowest BCUT2D eigenvalue weighted by Gasteiger charge is -2.31. The molecule has 1 saturated heterocycles. The quantitative estimate of drug-likeness (QED) is 0.781. The molecule has 5 heteroatoms. The highest BCUT2D eigenvalue weighted by atomic mass is 16.2. The minimum absolute atomic E-state index is 0.381. The van der Waals surface area contributed by atoms with Crippen LogP contribution in [-0.4, -0.2) is 49.4 Å². The van der Waals surface area contributed by atoms with Crippen LogP contribution in [0.15, 0.2) is 18.2 Å². The standard InChI is InChI=1S/C14H17N3O2/c1-10-3-2-4-11-12(10)17(14(19)13(11)18)9-16-7-5-15-6-8-16/h2-4,15H,5-9H2,1H3. The first kappa shape index (κ1) is 12.3. The van der Waals surface area contributed by atoms with Crippen LogP contribution in [0.2, 0.25) is 0 Å². The summed E-state index contributed by atoms with van der Waals surface area (Å²) in [4.78, 5) is 27.9.